The zero-order valence-electron chi connectivity index (χ0n) is 12.0. The molecule has 0 radical (unpaired) electrons. The van der Waals surface area contributed by atoms with Crippen molar-refractivity contribution in [2.75, 3.05) is 0 Å². The van der Waals surface area contributed by atoms with Crippen molar-refractivity contribution in [2.24, 2.45) is 11.8 Å². The first kappa shape index (κ1) is 15.2. The third-order valence-corrected chi connectivity index (χ3v) is 4.67. The van der Waals surface area contributed by atoms with Gasteiger partial charge < -0.3 is 4.74 Å². The van der Waals surface area contributed by atoms with Gasteiger partial charge >= 0.3 is 0 Å². The Morgan fingerprint density at radius 1 is 1.26 bits per heavy atom. The summed E-state index contributed by atoms with van der Waals surface area (Å²) in [6.45, 7) is 8.61. The van der Waals surface area contributed by atoms with E-state index in [4.69, 9.17) is 10.6 Å². The average molecular weight is 374 g/mol. The molecule has 3 N–H and O–H groups in total. The van der Waals surface area contributed by atoms with Gasteiger partial charge in [-0.15, -0.1) is 0 Å². The Morgan fingerprint density at radius 2 is 1.84 bits per heavy atom. The lowest BCUT2D eigenvalue weighted by molar-refractivity contribution is -0.0779. The molecule has 1 aliphatic rings. The van der Waals surface area contributed by atoms with E-state index in [1.807, 2.05) is 0 Å². The molecule has 0 aromatic heterocycles. The number of nitrogens with two attached hydrogens (primary N) is 1. The van der Waals surface area contributed by atoms with Crippen LogP contribution in [-0.4, -0.2) is 11.2 Å². The predicted molar refractivity (Wildman–Crippen MR) is 86.6 cm³/mol. The van der Waals surface area contributed by atoms with Crippen LogP contribution in [0.15, 0.2) is 24.3 Å². The monoisotopic (exact) mass is 374 g/mol. The zero-order valence-corrected chi connectivity index (χ0v) is 14.2. The third kappa shape index (κ3) is 3.29. The van der Waals surface area contributed by atoms with Gasteiger partial charge in [0.05, 0.1) is 17.2 Å². The molecular formula is C15H23IN2O. The maximum atomic E-state index is 6.18. The molecule has 1 aromatic rings. The highest BCUT2D eigenvalue weighted by atomic mass is 127. The fraction of sp³-hybridized carbons (Fsp3) is 0.600. The van der Waals surface area contributed by atoms with Crippen molar-refractivity contribution < 1.29 is 4.74 Å². The van der Waals surface area contributed by atoms with Crippen LogP contribution in [0.4, 0.5) is 0 Å². The second-order valence-electron chi connectivity index (χ2n) is 6.47. The van der Waals surface area contributed by atoms with Gasteiger partial charge in [0.1, 0.15) is 0 Å². The molecule has 3 nitrogen and oxygen atoms in total. The maximum Gasteiger partial charge on any atom is 0.0681 e. The molecule has 2 atom stereocenters. The fourth-order valence-electron chi connectivity index (χ4n) is 3.24. The molecule has 1 aliphatic heterocycles. The molecule has 0 bridgehead atoms. The van der Waals surface area contributed by atoms with Gasteiger partial charge in [-0.2, -0.15) is 0 Å². The third-order valence-electron chi connectivity index (χ3n) is 3.95. The summed E-state index contributed by atoms with van der Waals surface area (Å²) in [7, 11) is 0. The summed E-state index contributed by atoms with van der Waals surface area (Å²) >= 11 is 2.32. The van der Waals surface area contributed by atoms with Crippen molar-refractivity contribution in [1.82, 2.24) is 5.43 Å². The Balaban J connectivity index is 2.29. The minimum atomic E-state index is -0.177. The molecule has 0 aliphatic carbocycles. The topological polar surface area (TPSA) is 47.3 Å². The smallest absolute Gasteiger partial charge is 0.0681 e. The summed E-state index contributed by atoms with van der Waals surface area (Å²) in [5, 5.41) is 0. The molecule has 2 rings (SSSR count). The largest absolute Gasteiger partial charge is 0.369 e. The van der Waals surface area contributed by atoms with Crippen molar-refractivity contribution in [3.8, 4) is 0 Å². The molecule has 1 saturated heterocycles. The molecule has 0 saturated carbocycles. The lowest BCUT2D eigenvalue weighted by Gasteiger charge is -2.33. The van der Waals surface area contributed by atoms with Gasteiger partial charge in [-0.3, -0.25) is 11.3 Å². The van der Waals surface area contributed by atoms with E-state index in [9.17, 15) is 0 Å². The molecule has 106 valence electrons. The molecule has 0 spiro atoms. The number of rotatable bonds is 3. The molecule has 4 heteroatoms. The first-order chi connectivity index (χ1) is 8.75. The van der Waals surface area contributed by atoms with Gasteiger partial charge in [-0.05, 0) is 74.4 Å². The van der Waals surface area contributed by atoms with Gasteiger partial charge in [0.15, 0.2) is 0 Å². The molecule has 19 heavy (non-hydrogen) atoms. The van der Waals surface area contributed by atoms with Crippen LogP contribution < -0.4 is 11.3 Å². The van der Waals surface area contributed by atoms with Crippen LogP contribution in [0.2, 0.25) is 0 Å². The van der Waals surface area contributed by atoms with Crippen molar-refractivity contribution in [1.29, 1.82) is 0 Å². The van der Waals surface area contributed by atoms with Crippen LogP contribution in [0.3, 0.4) is 0 Å². The summed E-state index contributed by atoms with van der Waals surface area (Å²) < 4.78 is 7.42. The molecule has 1 heterocycles. The normalized spacial score (nSPS) is 26.3. The van der Waals surface area contributed by atoms with E-state index < -0.39 is 0 Å². The Kier molecular flexibility index (Phi) is 4.26. The zero-order chi connectivity index (χ0) is 14.3. The first-order valence-corrected chi connectivity index (χ1v) is 7.75. The summed E-state index contributed by atoms with van der Waals surface area (Å²) in [6, 6.07) is 8.65. The van der Waals surface area contributed by atoms with Gasteiger partial charge in [-0.1, -0.05) is 12.1 Å². The second-order valence-corrected chi connectivity index (χ2v) is 7.72. The van der Waals surface area contributed by atoms with Gasteiger partial charge in [-0.25, -0.2) is 0 Å². The Morgan fingerprint density at radius 3 is 2.26 bits per heavy atom. The van der Waals surface area contributed by atoms with Crippen molar-refractivity contribution in [2.45, 2.75) is 51.4 Å². The molecule has 0 amide bonds. The van der Waals surface area contributed by atoms with Crippen LogP contribution in [0.25, 0.3) is 0 Å². The quantitative estimate of drug-likeness (QED) is 0.485. The lowest BCUT2D eigenvalue weighted by Crippen LogP contribution is -2.41. The van der Waals surface area contributed by atoms with E-state index in [0.717, 1.165) is 6.42 Å². The van der Waals surface area contributed by atoms with E-state index in [-0.39, 0.29) is 17.2 Å². The van der Waals surface area contributed by atoms with Gasteiger partial charge in [0.25, 0.3) is 0 Å². The molecule has 2 unspecified atom stereocenters. The van der Waals surface area contributed by atoms with Crippen LogP contribution >= 0.6 is 22.6 Å². The number of ether oxygens (including phenoxy) is 1. The summed E-state index contributed by atoms with van der Waals surface area (Å²) in [4.78, 5) is 0. The van der Waals surface area contributed by atoms with Crippen LogP contribution in [0.1, 0.15) is 45.7 Å². The van der Waals surface area contributed by atoms with E-state index in [0.29, 0.717) is 5.92 Å². The minimum absolute atomic E-state index is 0.0908. The Labute approximate surface area is 129 Å². The standard InChI is InChI=1S/C15H23IN2O/c1-14(2)9-12(15(3,4)19-14)13(18-17)10-5-7-11(16)8-6-10/h5-8,12-13,18H,9,17H2,1-4H3. The number of halogens is 1. The average Bonchev–Trinajstić information content (AvgIpc) is 2.51. The fourth-order valence-corrected chi connectivity index (χ4v) is 3.60. The number of nitrogens with one attached hydrogen (secondary N) is 1. The van der Waals surface area contributed by atoms with E-state index in [2.05, 4.69) is 80.0 Å². The Bertz CT molecular complexity index is 442. The molecule has 1 fully saturated rings. The molecule has 1 aromatic carbocycles. The number of hydrazine groups is 1. The Hall–Kier alpha value is -0.170. The lowest BCUT2D eigenvalue weighted by atomic mass is 9.79. The maximum absolute atomic E-state index is 6.18. The van der Waals surface area contributed by atoms with Crippen LogP contribution in [0.5, 0.6) is 0 Å². The van der Waals surface area contributed by atoms with Crippen molar-refractivity contribution in [3.63, 3.8) is 0 Å². The summed E-state index contributed by atoms with van der Waals surface area (Å²) in [6.07, 6.45) is 1.00. The minimum Gasteiger partial charge on any atom is -0.369 e. The SMILES string of the molecule is CC1(C)CC(C(NN)c2ccc(I)cc2)C(C)(C)O1. The van der Waals surface area contributed by atoms with Gasteiger partial charge in [0.2, 0.25) is 0 Å². The number of hydrogen-bond donors (Lipinski definition) is 2. The highest BCUT2D eigenvalue weighted by Crippen LogP contribution is 2.47. The van der Waals surface area contributed by atoms with Crippen molar-refractivity contribution in [3.05, 3.63) is 33.4 Å². The van der Waals surface area contributed by atoms with E-state index in [1.54, 1.807) is 0 Å². The predicted octanol–water partition coefficient (Wildman–Crippen LogP) is 3.39. The highest BCUT2D eigenvalue weighted by Gasteiger charge is 2.49. The van der Waals surface area contributed by atoms with E-state index >= 15 is 0 Å². The number of benzene rings is 1. The first-order valence-electron chi connectivity index (χ1n) is 6.67. The molecular weight excluding hydrogens is 351 g/mol. The highest BCUT2D eigenvalue weighted by molar-refractivity contribution is 14.1. The summed E-state index contributed by atoms with van der Waals surface area (Å²) in [5.41, 5.74) is 3.95. The number of hydrogen-bond acceptors (Lipinski definition) is 3. The van der Waals surface area contributed by atoms with Crippen LogP contribution in [-0.2, 0) is 4.74 Å². The van der Waals surface area contributed by atoms with Crippen LogP contribution in [0, 0.1) is 9.49 Å². The summed E-state index contributed by atoms with van der Waals surface area (Å²) in [5.74, 6) is 6.18. The van der Waals surface area contributed by atoms with E-state index in [1.165, 1.54) is 9.13 Å². The van der Waals surface area contributed by atoms with Gasteiger partial charge in [0, 0.05) is 9.49 Å². The van der Waals surface area contributed by atoms with Crippen molar-refractivity contribution >= 4 is 22.6 Å². The second kappa shape index (κ2) is 5.31.